The van der Waals surface area contributed by atoms with Crippen LogP contribution in [0, 0.1) is 0 Å². The summed E-state index contributed by atoms with van der Waals surface area (Å²) in [4.78, 5) is 1.65. The summed E-state index contributed by atoms with van der Waals surface area (Å²) in [6, 6.07) is 19.0. The van der Waals surface area contributed by atoms with Crippen molar-refractivity contribution < 1.29 is 9.64 Å². The van der Waals surface area contributed by atoms with E-state index in [2.05, 4.69) is 41.0 Å². The molecular formula is C20H26N3OS+. The molecule has 0 amide bonds. The van der Waals surface area contributed by atoms with E-state index in [4.69, 9.17) is 17.0 Å². The standard InChI is InChI=1S/C20H25N3OS/c1-24-19-9-7-17(8-10-19)21-20(25)22-18-11-13-23(14-12-18)15-16-5-3-2-4-6-16/h2-10,18H,11-15H2,1H3,(H2,21,22,25)/p+1. The van der Waals surface area contributed by atoms with Crippen LogP contribution in [0.2, 0.25) is 0 Å². The van der Waals surface area contributed by atoms with E-state index in [1.54, 1.807) is 12.0 Å². The van der Waals surface area contributed by atoms with Crippen LogP contribution in [-0.4, -0.2) is 31.4 Å². The van der Waals surface area contributed by atoms with Crippen LogP contribution in [0.15, 0.2) is 54.6 Å². The molecule has 1 saturated heterocycles. The molecule has 3 N–H and O–H groups in total. The minimum atomic E-state index is 0.456. The molecule has 0 spiro atoms. The van der Waals surface area contributed by atoms with Crippen molar-refractivity contribution in [3.05, 3.63) is 60.2 Å². The van der Waals surface area contributed by atoms with Crippen LogP contribution >= 0.6 is 12.2 Å². The first kappa shape index (κ1) is 17.7. The smallest absolute Gasteiger partial charge is 0.171 e. The Morgan fingerprint density at radius 3 is 2.40 bits per heavy atom. The van der Waals surface area contributed by atoms with Gasteiger partial charge in [0, 0.05) is 30.1 Å². The molecule has 0 aliphatic carbocycles. The van der Waals surface area contributed by atoms with E-state index in [0.717, 1.165) is 30.8 Å². The van der Waals surface area contributed by atoms with Crippen LogP contribution in [-0.2, 0) is 6.54 Å². The van der Waals surface area contributed by atoms with E-state index in [1.807, 2.05) is 24.3 Å². The van der Waals surface area contributed by atoms with Crippen molar-refractivity contribution in [2.75, 3.05) is 25.5 Å². The average molecular weight is 357 g/mol. The van der Waals surface area contributed by atoms with E-state index in [9.17, 15) is 0 Å². The van der Waals surface area contributed by atoms with Crippen LogP contribution in [0.1, 0.15) is 18.4 Å². The summed E-state index contributed by atoms with van der Waals surface area (Å²) in [5, 5.41) is 7.40. The van der Waals surface area contributed by atoms with Crippen molar-refractivity contribution in [3.8, 4) is 5.75 Å². The lowest BCUT2D eigenvalue weighted by Crippen LogP contribution is -3.12. The number of benzene rings is 2. The molecule has 1 aliphatic rings. The van der Waals surface area contributed by atoms with E-state index in [-0.39, 0.29) is 0 Å². The van der Waals surface area contributed by atoms with Crippen LogP contribution in [0.3, 0.4) is 0 Å². The van der Waals surface area contributed by atoms with Gasteiger partial charge in [0.2, 0.25) is 0 Å². The molecule has 1 aliphatic heterocycles. The molecule has 0 radical (unpaired) electrons. The molecule has 0 atom stereocenters. The summed E-state index contributed by atoms with van der Waals surface area (Å²) < 4.78 is 5.17. The number of thiocarbonyl (C=S) groups is 1. The molecule has 2 aromatic carbocycles. The van der Waals surface area contributed by atoms with Gasteiger partial charge in [0.1, 0.15) is 12.3 Å². The first-order valence-electron chi connectivity index (χ1n) is 8.82. The average Bonchev–Trinajstić information content (AvgIpc) is 2.65. The predicted octanol–water partition coefficient (Wildman–Crippen LogP) is 2.23. The van der Waals surface area contributed by atoms with E-state index >= 15 is 0 Å². The minimum Gasteiger partial charge on any atom is -0.497 e. The van der Waals surface area contributed by atoms with Gasteiger partial charge in [0.25, 0.3) is 0 Å². The molecule has 25 heavy (non-hydrogen) atoms. The van der Waals surface area contributed by atoms with Gasteiger partial charge in [0.05, 0.1) is 20.2 Å². The summed E-state index contributed by atoms with van der Waals surface area (Å²) in [7, 11) is 1.67. The number of nitrogens with one attached hydrogen (secondary N) is 3. The lowest BCUT2D eigenvalue weighted by atomic mass is 10.0. The molecule has 1 heterocycles. The zero-order valence-electron chi connectivity index (χ0n) is 14.6. The van der Waals surface area contributed by atoms with Gasteiger partial charge in [-0.2, -0.15) is 0 Å². The summed E-state index contributed by atoms with van der Waals surface area (Å²) in [5.74, 6) is 0.846. The Bertz CT molecular complexity index is 667. The fraction of sp³-hybridized carbons (Fsp3) is 0.350. The second kappa shape index (κ2) is 8.83. The third-order valence-electron chi connectivity index (χ3n) is 4.67. The van der Waals surface area contributed by atoms with Crippen molar-refractivity contribution in [2.45, 2.75) is 25.4 Å². The predicted molar refractivity (Wildman–Crippen MR) is 106 cm³/mol. The Morgan fingerprint density at radius 1 is 1.08 bits per heavy atom. The third kappa shape index (κ3) is 5.44. The van der Waals surface area contributed by atoms with Crippen LogP contribution in [0.5, 0.6) is 5.75 Å². The molecule has 3 rings (SSSR count). The van der Waals surface area contributed by atoms with Crippen molar-refractivity contribution in [1.29, 1.82) is 0 Å². The Kier molecular flexibility index (Phi) is 6.25. The molecular weight excluding hydrogens is 330 g/mol. The highest BCUT2D eigenvalue weighted by atomic mass is 32.1. The highest BCUT2D eigenvalue weighted by molar-refractivity contribution is 7.80. The SMILES string of the molecule is COc1ccc(NC(=S)NC2CC[NH+](Cc3ccccc3)CC2)cc1. The van der Waals surface area contributed by atoms with Gasteiger partial charge in [0.15, 0.2) is 5.11 Å². The zero-order valence-corrected chi connectivity index (χ0v) is 15.4. The lowest BCUT2D eigenvalue weighted by Gasteiger charge is -2.30. The van der Waals surface area contributed by atoms with Gasteiger partial charge in [-0.1, -0.05) is 30.3 Å². The Hall–Kier alpha value is -2.11. The van der Waals surface area contributed by atoms with Gasteiger partial charge in [-0.3, -0.25) is 0 Å². The van der Waals surface area contributed by atoms with Crippen LogP contribution in [0.4, 0.5) is 5.69 Å². The lowest BCUT2D eigenvalue weighted by molar-refractivity contribution is -0.918. The molecule has 0 unspecified atom stereocenters. The van der Waals surface area contributed by atoms with Gasteiger partial charge < -0.3 is 20.3 Å². The normalized spacial score (nSPS) is 19.9. The van der Waals surface area contributed by atoms with E-state index in [1.165, 1.54) is 18.7 Å². The molecule has 4 nitrogen and oxygen atoms in total. The number of likely N-dealkylation sites (tertiary alicyclic amines) is 1. The topological polar surface area (TPSA) is 37.7 Å². The number of hydrogen-bond acceptors (Lipinski definition) is 2. The molecule has 5 heteroatoms. The van der Waals surface area contributed by atoms with E-state index in [0.29, 0.717) is 11.2 Å². The van der Waals surface area contributed by atoms with Crippen LogP contribution < -0.4 is 20.3 Å². The molecule has 2 aromatic rings. The molecule has 1 fully saturated rings. The van der Waals surface area contributed by atoms with Crippen molar-refractivity contribution in [3.63, 3.8) is 0 Å². The van der Waals surface area contributed by atoms with E-state index < -0.39 is 0 Å². The fourth-order valence-corrected chi connectivity index (χ4v) is 3.54. The van der Waals surface area contributed by atoms with Crippen LogP contribution in [0.25, 0.3) is 0 Å². The maximum absolute atomic E-state index is 5.45. The van der Waals surface area contributed by atoms with Crippen molar-refractivity contribution >= 4 is 23.0 Å². The second-order valence-electron chi connectivity index (χ2n) is 6.51. The van der Waals surface area contributed by atoms with Crippen molar-refractivity contribution in [1.82, 2.24) is 5.32 Å². The maximum Gasteiger partial charge on any atom is 0.171 e. The Labute approximate surface area is 155 Å². The van der Waals surface area contributed by atoms with Gasteiger partial charge >= 0.3 is 0 Å². The van der Waals surface area contributed by atoms with Gasteiger partial charge in [-0.15, -0.1) is 0 Å². The number of quaternary nitrogens is 1. The van der Waals surface area contributed by atoms with Crippen molar-refractivity contribution in [2.24, 2.45) is 0 Å². The number of anilines is 1. The highest BCUT2D eigenvalue weighted by Gasteiger charge is 2.22. The third-order valence-corrected chi connectivity index (χ3v) is 4.89. The van der Waals surface area contributed by atoms with Gasteiger partial charge in [-0.05, 0) is 36.5 Å². The quantitative estimate of drug-likeness (QED) is 0.719. The highest BCUT2D eigenvalue weighted by Crippen LogP contribution is 2.15. The number of rotatable bonds is 5. The first-order valence-corrected chi connectivity index (χ1v) is 9.23. The number of methoxy groups -OCH3 is 1. The summed E-state index contributed by atoms with van der Waals surface area (Å²) in [6.07, 6.45) is 2.29. The second-order valence-corrected chi connectivity index (χ2v) is 6.92. The summed E-state index contributed by atoms with van der Waals surface area (Å²) in [5.41, 5.74) is 2.39. The zero-order chi connectivity index (χ0) is 17.5. The number of hydrogen-bond donors (Lipinski definition) is 3. The Morgan fingerprint density at radius 2 is 1.76 bits per heavy atom. The fourth-order valence-electron chi connectivity index (χ4n) is 3.26. The molecule has 0 aromatic heterocycles. The largest absolute Gasteiger partial charge is 0.497 e. The summed E-state index contributed by atoms with van der Waals surface area (Å²) >= 11 is 5.45. The number of ether oxygens (including phenoxy) is 1. The summed E-state index contributed by atoms with van der Waals surface area (Å²) in [6.45, 7) is 3.47. The monoisotopic (exact) mass is 356 g/mol. The Balaban J connectivity index is 1.41. The molecule has 132 valence electrons. The molecule has 0 saturated carbocycles. The maximum atomic E-state index is 5.45. The van der Waals surface area contributed by atoms with Gasteiger partial charge in [-0.25, -0.2) is 0 Å². The number of piperidine rings is 1. The first-order chi connectivity index (χ1) is 12.2. The molecule has 0 bridgehead atoms. The minimum absolute atomic E-state index is 0.456.